The minimum atomic E-state index is -3.40. The number of amides is 1. The van der Waals surface area contributed by atoms with Crippen molar-refractivity contribution in [2.45, 2.75) is 25.8 Å². The minimum absolute atomic E-state index is 0.258. The maximum atomic E-state index is 12.9. The van der Waals surface area contributed by atoms with Gasteiger partial charge in [0.1, 0.15) is 0 Å². The zero-order chi connectivity index (χ0) is 17.7. The lowest BCUT2D eigenvalue weighted by atomic mass is 10.0. The van der Waals surface area contributed by atoms with Crippen LogP contribution in [0.5, 0.6) is 0 Å². The predicted octanol–water partition coefficient (Wildman–Crippen LogP) is 2.65. The molecular weight excluding hydrogens is 316 g/mol. The highest BCUT2D eigenvalue weighted by atomic mass is 19.3. The Bertz CT molecular complexity index is 710. The molecule has 24 heavy (non-hydrogen) atoms. The Morgan fingerprint density at radius 2 is 2.21 bits per heavy atom. The fraction of sp³-hybridized carbons (Fsp3) is 0.312. The van der Waals surface area contributed by atoms with Crippen LogP contribution in [-0.4, -0.2) is 40.8 Å². The Labute approximate surface area is 138 Å². The van der Waals surface area contributed by atoms with Crippen LogP contribution in [0.3, 0.4) is 0 Å². The molecule has 4 N–H and O–H groups in total. The van der Waals surface area contributed by atoms with E-state index in [-0.39, 0.29) is 6.54 Å². The van der Waals surface area contributed by atoms with Gasteiger partial charge in [-0.1, -0.05) is 6.07 Å². The molecule has 0 fully saturated rings. The van der Waals surface area contributed by atoms with Crippen molar-refractivity contribution in [3.63, 3.8) is 0 Å². The first-order chi connectivity index (χ1) is 11.3. The summed E-state index contributed by atoms with van der Waals surface area (Å²) in [5.41, 5.74) is 3.13. The molecule has 0 aliphatic carbocycles. The van der Waals surface area contributed by atoms with Crippen molar-refractivity contribution >= 4 is 17.8 Å². The minimum Gasteiger partial charge on any atom is -0.382 e. The number of hydrogen-bond acceptors (Lipinski definition) is 4. The summed E-state index contributed by atoms with van der Waals surface area (Å²) in [5.74, 6) is -4.71. The smallest absolute Gasteiger partial charge is 0.321 e. The molecule has 1 aromatic heterocycles. The molecule has 8 heteroatoms. The van der Waals surface area contributed by atoms with Gasteiger partial charge >= 0.3 is 5.92 Å². The number of nitrogens with zero attached hydrogens (tertiary/aromatic N) is 1. The Balaban J connectivity index is 2.02. The molecule has 0 aliphatic heterocycles. The lowest BCUT2D eigenvalue weighted by Gasteiger charge is -2.19. The summed E-state index contributed by atoms with van der Waals surface area (Å²) < 4.78 is 25.7. The Morgan fingerprint density at radius 3 is 2.79 bits per heavy atom. The number of anilines is 1. The van der Waals surface area contributed by atoms with Crippen molar-refractivity contribution in [2.75, 3.05) is 11.9 Å². The average Bonchev–Trinajstić information content (AvgIpc) is 3.06. The highest BCUT2D eigenvalue weighted by Crippen LogP contribution is 2.23. The number of halogens is 2. The third-order valence-electron chi connectivity index (χ3n) is 3.41. The largest absolute Gasteiger partial charge is 0.382 e. The van der Waals surface area contributed by atoms with Gasteiger partial charge in [0, 0.05) is 48.7 Å². The normalized spacial score (nSPS) is 12.5. The van der Waals surface area contributed by atoms with Crippen LogP contribution in [0.2, 0.25) is 0 Å². The molecular formula is C16H19F2N5O. The summed E-state index contributed by atoms with van der Waals surface area (Å²) in [7, 11) is 0. The van der Waals surface area contributed by atoms with Crippen LogP contribution < -0.4 is 10.6 Å². The third kappa shape index (κ3) is 4.37. The van der Waals surface area contributed by atoms with Gasteiger partial charge in [-0.2, -0.15) is 13.9 Å². The summed E-state index contributed by atoms with van der Waals surface area (Å²) in [6.07, 6.45) is 4.63. The van der Waals surface area contributed by atoms with E-state index in [0.29, 0.717) is 18.2 Å². The fourth-order valence-electron chi connectivity index (χ4n) is 2.10. The summed E-state index contributed by atoms with van der Waals surface area (Å²) in [5, 5.41) is 19.4. The van der Waals surface area contributed by atoms with Crippen LogP contribution in [0.15, 0.2) is 30.6 Å². The van der Waals surface area contributed by atoms with Crippen LogP contribution in [0, 0.1) is 5.41 Å². The first-order valence-electron chi connectivity index (χ1n) is 7.37. The van der Waals surface area contributed by atoms with Crippen LogP contribution in [-0.2, 0) is 4.79 Å². The topological polar surface area (TPSA) is 93.7 Å². The Hall–Kier alpha value is -2.77. The van der Waals surface area contributed by atoms with Crippen molar-refractivity contribution in [1.29, 1.82) is 5.41 Å². The number of hydrogen-bond donors (Lipinski definition) is 4. The van der Waals surface area contributed by atoms with Gasteiger partial charge < -0.3 is 16.0 Å². The van der Waals surface area contributed by atoms with Crippen LogP contribution in [0.25, 0.3) is 11.1 Å². The SMILES string of the molecule is CC(CNc1ccc(-c2cn[nH]c2)cc1C=N)NC(=O)C(C)(F)F. The molecule has 0 aliphatic rings. The van der Waals surface area contributed by atoms with E-state index in [4.69, 9.17) is 5.41 Å². The van der Waals surface area contributed by atoms with E-state index >= 15 is 0 Å². The summed E-state index contributed by atoms with van der Waals surface area (Å²) in [4.78, 5) is 11.3. The predicted molar refractivity (Wildman–Crippen MR) is 88.6 cm³/mol. The van der Waals surface area contributed by atoms with Gasteiger partial charge in [-0.15, -0.1) is 0 Å². The van der Waals surface area contributed by atoms with Crippen molar-refractivity contribution in [3.05, 3.63) is 36.2 Å². The third-order valence-corrected chi connectivity index (χ3v) is 3.41. The quantitative estimate of drug-likeness (QED) is 0.586. The molecule has 1 heterocycles. The van der Waals surface area contributed by atoms with Gasteiger partial charge in [0.25, 0.3) is 5.91 Å². The number of H-pyrrole nitrogens is 1. The molecule has 0 saturated carbocycles. The lowest BCUT2D eigenvalue weighted by molar-refractivity contribution is -0.143. The van der Waals surface area contributed by atoms with Crippen molar-refractivity contribution in [2.24, 2.45) is 0 Å². The average molecular weight is 335 g/mol. The zero-order valence-electron chi connectivity index (χ0n) is 13.4. The molecule has 1 atom stereocenters. The number of carbonyl (C=O) groups excluding carboxylic acids is 1. The van der Waals surface area contributed by atoms with E-state index < -0.39 is 17.9 Å². The van der Waals surface area contributed by atoms with Gasteiger partial charge in [0.15, 0.2) is 0 Å². The fourth-order valence-corrected chi connectivity index (χ4v) is 2.10. The number of benzene rings is 1. The van der Waals surface area contributed by atoms with Gasteiger partial charge in [0.2, 0.25) is 0 Å². The second-order valence-corrected chi connectivity index (χ2v) is 5.58. The lowest BCUT2D eigenvalue weighted by Crippen LogP contribution is -2.45. The standard InChI is InChI=1S/C16H19F2N5O/c1-10(23-15(24)16(2,17)18)7-20-14-4-3-11(5-12(14)6-19)13-8-21-22-9-13/h3-6,8-10,19-20H,7H2,1-2H3,(H,21,22)(H,23,24). The molecule has 2 rings (SSSR count). The van der Waals surface area contributed by atoms with E-state index in [1.165, 1.54) is 6.21 Å². The van der Waals surface area contributed by atoms with E-state index in [9.17, 15) is 13.6 Å². The van der Waals surface area contributed by atoms with Crippen LogP contribution in [0.4, 0.5) is 14.5 Å². The number of alkyl halides is 2. The molecule has 0 spiro atoms. The number of aromatic nitrogens is 2. The molecule has 6 nitrogen and oxygen atoms in total. The van der Waals surface area contributed by atoms with E-state index in [2.05, 4.69) is 20.8 Å². The summed E-state index contributed by atoms with van der Waals surface area (Å²) in [6.45, 7) is 2.44. The summed E-state index contributed by atoms with van der Waals surface area (Å²) in [6, 6.07) is 4.99. The van der Waals surface area contributed by atoms with E-state index in [0.717, 1.165) is 11.1 Å². The maximum absolute atomic E-state index is 12.9. The highest BCUT2D eigenvalue weighted by molar-refractivity contribution is 5.88. The monoisotopic (exact) mass is 335 g/mol. The van der Waals surface area contributed by atoms with Gasteiger partial charge in [0.05, 0.1) is 6.20 Å². The summed E-state index contributed by atoms with van der Waals surface area (Å²) >= 11 is 0. The van der Waals surface area contributed by atoms with Crippen molar-refractivity contribution < 1.29 is 13.6 Å². The molecule has 2 aromatic rings. The molecule has 128 valence electrons. The molecule has 1 aromatic carbocycles. The number of rotatable bonds is 7. The number of nitrogens with one attached hydrogen (secondary N) is 4. The van der Waals surface area contributed by atoms with Gasteiger partial charge in [-0.3, -0.25) is 9.89 Å². The second kappa shape index (κ2) is 7.20. The Morgan fingerprint density at radius 1 is 1.46 bits per heavy atom. The first-order valence-corrected chi connectivity index (χ1v) is 7.37. The Kier molecular flexibility index (Phi) is 5.28. The number of aromatic amines is 1. The van der Waals surface area contributed by atoms with Crippen LogP contribution in [0.1, 0.15) is 19.4 Å². The van der Waals surface area contributed by atoms with Crippen LogP contribution >= 0.6 is 0 Å². The molecule has 1 amide bonds. The number of carbonyl (C=O) groups is 1. The van der Waals surface area contributed by atoms with Crippen molar-refractivity contribution in [3.8, 4) is 11.1 Å². The molecule has 0 radical (unpaired) electrons. The van der Waals surface area contributed by atoms with E-state index in [1.54, 1.807) is 25.4 Å². The zero-order valence-corrected chi connectivity index (χ0v) is 13.4. The van der Waals surface area contributed by atoms with Crippen molar-refractivity contribution in [1.82, 2.24) is 15.5 Å². The highest BCUT2D eigenvalue weighted by Gasteiger charge is 2.32. The molecule has 1 unspecified atom stereocenters. The maximum Gasteiger partial charge on any atom is 0.321 e. The second-order valence-electron chi connectivity index (χ2n) is 5.58. The molecule has 0 saturated heterocycles. The van der Waals surface area contributed by atoms with Gasteiger partial charge in [-0.05, 0) is 24.6 Å². The first kappa shape index (κ1) is 17.6. The van der Waals surface area contributed by atoms with E-state index in [1.807, 2.05) is 12.1 Å². The molecule has 0 bridgehead atoms. The van der Waals surface area contributed by atoms with Gasteiger partial charge in [-0.25, -0.2) is 0 Å².